The van der Waals surface area contributed by atoms with Gasteiger partial charge in [0.05, 0.1) is 25.7 Å². The molecule has 2 heterocycles. The Morgan fingerprint density at radius 1 is 1.46 bits per heavy atom. The van der Waals surface area contributed by atoms with Gasteiger partial charge in [-0.1, -0.05) is 0 Å². The van der Waals surface area contributed by atoms with Crippen LogP contribution >= 0.6 is 0 Å². The molecule has 0 fully saturated rings. The van der Waals surface area contributed by atoms with E-state index in [4.69, 9.17) is 13.9 Å². The van der Waals surface area contributed by atoms with E-state index in [1.54, 1.807) is 6.92 Å². The van der Waals surface area contributed by atoms with Gasteiger partial charge in [-0.25, -0.2) is 9.78 Å². The number of alkyl halides is 3. The van der Waals surface area contributed by atoms with E-state index in [0.717, 1.165) is 0 Å². The van der Waals surface area contributed by atoms with E-state index < -0.39 is 24.1 Å². The molecule has 0 bridgehead atoms. The van der Waals surface area contributed by atoms with Crippen LogP contribution in [0.25, 0.3) is 0 Å². The predicted molar refractivity (Wildman–Crippen MR) is 77.8 cm³/mol. The molecule has 0 aliphatic carbocycles. The number of halogens is 3. The summed E-state index contributed by atoms with van der Waals surface area (Å²) in [4.78, 5) is 19.4. The van der Waals surface area contributed by atoms with Crippen molar-refractivity contribution in [2.24, 2.45) is 10.9 Å². The normalized spacial score (nSPS) is 20.8. The number of hydrogen-bond donors (Lipinski definition) is 0. The molecule has 0 saturated heterocycles. The molecule has 0 spiro atoms. The summed E-state index contributed by atoms with van der Waals surface area (Å²) in [6.07, 6.45) is -2.40. The Bertz CT molecular complexity index is 598. The predicted octanol–water partition coefficient (Wildman–Crippen LogP) is 3.17. The molecule has 2 unspecified atom stereocenters. The van der Waals surface area contributed by atoms with E-state index in [-0.39, 0.29) is 36.9 Å². The molecule has 2 atom stereocenters. The molecule has 0 N–H and O–H groups in total. The molecule has 2 rings (SSSR count). The molecule has 9 heteroatoms. The van der Waals surface area contributed by atoms with E-state index in [2.05, 4.69) is 9.98 Å². The largest absolute Gasteiger partial charge is 0.484 e. The summed E-state index contributed by atoms with van der Waals surface area (Å²) >= 11 is 0. The summed E-state index contributed by atoms with van der Waals surface area (Å²) in [6, 6.07) is -0.862. The molecule has 0 aromatic carbocycles. The first-order valence-electron chi connectivity index (χ1n) is 7.64. The highest BCUT2D eigenvalue weighted by molar-refractivity contribution is 5.86. The first-order chi connectivity index (χ1) is 11.3. The lowest BCUT2D eigenvalue weighted by atomic mass is 9.95. The van der Waals surface area contributed by atoms with Gasteiger partial charge in [-0.05, 0) is 19.8 Å². The molecule has 0 amide bonds. The van der Waals surface area contributed by atoms with E-state index in [0.29, 0.717) is 12.8 Å². The van der Waals surface area contributed by atoms with Gasteiger partial charge in [0, 0.05) is 12.8 Å². The molecule has 6 nitrogen and oxygen atoms in total. The van der Waals surface area contributed by atoms with Gasteiger partial charge in [-0.3, -0.25) is 4.99 Å². The summed E-state index contributed by atoms with van der Waals surface area (Å²) < 4.78 is 53.8. The van der Waals surface area contributed by atoms with Crippen molar-refractivity contribution in [3.8, 4) is 0 Å². The van der Waals surface area contributed by atoms with E-state index in [1.807, 2.05) is 0 Å². The van der Waals surface area contributed by atoms with Crippen LogP contribution in [0.2, 0.25) is 0 Å². The first-order valence-corrected chi connectivity index (χ1v) is 7.64. The maximum absolute atomic E-state index is 13.0. The Hall–Kier alpha value is -2.06. The molecule has 1 aromatic heterocycles. The van der Waals surface area contributed by atoms with Crippen molar-refractivity contribution in [1.82, 2.24) is 4.98 Å². The SMILES string of the molecule is CCOC(=O)c1coc(CCCC2N=C(OC)CC2C(F)(F)F)n1. The minimum absolute atomic E-state index is 0.0561. The van der Waals surface area contributed by atoms with Gasteiger partial charge in [-0.15, -0.1) is 0 Å². The number of methoxy groups -OCH3 is 1. The van der Waals surface area contributed by atoms with Crippen molar-refractivity contribution in [3.63, 3.8) is 0 Å². The van der Waals surface area contributed by atoms with Crippen molar-refractivity contribution in [2.45, 2.75) is 44.8 Å². The average molecular weight is 348 g/mol. The van der Waals surface area contributed by atoms with Crippen LogP contribution in [0.5, 0.6) is 0 Å². The number of carbonyl (C=O) groups is 1. The molecule has 1 aliphatic heterocycles. The zero-order valence-corrected chi connectivity index (χ0v) is 13.4. The zero-order valence-electron chi connectivity index (χ0n) is 13.4. The van der Waals surface area contributed by atoms with Crippen LogP contribution < -0.4 is 0 Å². The Labute approximate surface area is 137 Å². The van der Waals surface area contributed by atoms with E-state index in [9.17, 15) is 18.0 Å². The number of oxazole rings is 1. The van der Waals surface area contributed by atoms with Crippen LogP contribution in [0, 0.1) is 5.92 Å². The van der Waals surface area contributed by atoms with E-state index in [1.165, 1.54) is 13.4 Å². The maximum atomic E-state index is 13.0. The smallest absolute Gasteiger partial charge is 0.394 e. The van der Waals surface area contributed by atoms with Gasteiger partial charge in [0.1, 0.15) is 6.26 Å². The van der Waals surface area contributed by atoms with Crippen molar-refractivity contribution in [3.05, 3.63) is 17.8 Å². The number of ether oxygens (including phenoxy) is 2. The van der Waals surface area contributed by atoms with Crippen LogP contribution in [-0.2, 0) is 15.9 Å². The third kappa shape index (κ3) is 4.48. The minimum atomic E-state index is -4.31. The van der Waals surface area contributed by atoms with Crippen LogP contribution in [0.1, 0.15) is 42.6 Å². The number of nitrogens with zero attached hydrogens (tertiary/aromatic N) is 2. The first kappa shape index (κ1) is 18.3. The third-order valence-corrected chi connectivity index (χ3v) is 3.75. The van der Waals surface area contributed by atoms with Gasteiger partial charge in [0.2, 0.25) is 0 Å². The van der Waals surface area contributed by atoms with Crippen LogP contribution in [0.3, 0.4) is 0 Å². The molecule has 1 aliphatic rings. The standard InChI is InChI=1S/C15H19F3N2O4/c1-3-23-14(21)11-8-24-12(20-11)6-4-5-10-9(15(16,17)18)7-13(19-10)22-2/h8-10H,3-7H2,1-2H3. The molecule has 1 aromatic rings. The lowest BCUT2D eigenvalue weighted by Crippen LogP contribution is -2.30. The lowest BCUT2D eigenvalue weighted by Gasteiger charge is -2.20. The Morgan fingerprint density at radius 3 is 2.83 bits per heavy atom. The number of carbonyl (C=O) groups excluding carboxylic acids is 1. The van der Waals surface area contributed by atoms with Gasteiger partial charge in [0.25, 0.3) is 0 Å². The van der Waals surface area contributed by atoms with Gasteiger partial charge in [0.15, 0.2) is 17.5 Å². The molecular weight excluding hydrogens is 329 g/mol. The summed E-state index contributed by atoms with van der Waals surface area (Å²) in [5, 5.41) is 0. The van der Waals surface area contributed by atoms with Crippen molar-refractivity contribution >= 4 is 11.9 Å². The van der Waals surface area contributed by atoms with Gasteiger partial charge in [-0.2, -0.15) is 13.2 Å². The fourth-order valence-corrected chi connectivity index (χ4v) is 2.57. The number of aliphatic imine (C=N–C) groups is 1. The number of esters is 1. The summed E-state index contributed by atoms with van der Waals surface area (Å²) in [5.41, 5.74) is 0.0561. The molecular formula is C15H19F3N2O4. The highest BCUT2D eigenvalue weighted by Gasteiger charge is 2.48. The van der Waals surface area contributed by atoms with Crippen LogP contribution in [0.4, 0.5) is 13.2 Å². The second-order valence-electron chi connectivity index (χ2n) is 5.39. The van der Waals surface area contributed by atoms with Crippen molar-refractivity contribution < 1.29 is 31.9 Å². The fourth-order valence-electron chi connectivity index (χ4n) is 2.57. The summed E-state index contributed by atoms with van der Waals surface area (Å²) in [6.45, 7) is 1.90. The molecule has 24 heavy (non-hydrogen) atoms. The van der Waals surface area contributed by atoms with Gasteiger partial charge < -0.3 is 13.9 Å². The topological polar surface area (TPSA) is 73.9 Å². The van der Waals surface area contributed by atoms with Crippen molar-refractivity contribution in [1.29, 1.82) is 0 Å². The lowest BCUT2D eigenvalue weighted by molar-refractivity contribution is -0.176. The highest BCUT2D eigenvalue weighted by atomic mass is 19.4. The highest BCUT2D eigenvalue weighted by Crippen LogP contribution is 2.38. The van der Waals surface area contributed by atoms with Crippen LogP contribution in [-0.4, -0.2) is 42.8 Å². The van der Waals surface area contributed by atoms with Crippen molar-refractivity contribution in [2.75, 3.05) is 13.7 Å². The number of rotatable bonds is 6. The fraction of sp³-hybridized carbons (Fsp3) is 0.667. The maximum Gasteiger partial charge on any atom is 0.394 e. The average Bonchev–Trinajstić information content (AvgIpc) is 3.14. The summed E-state index contributed by atoms with van der Waals surface area (Å²) in [5.74, 6) is -1.69. The van der Waals surface area contributed by atoms with Gasteiger partial charge >= 0.3 is 12.1 Å². The monoisotopic (exact) mass is 348 g/mol. The Kier molecular flexibility index (Phi) is 5.84. The Morgan fingerprint density at radius 2 is 2.21 bits per heavy atom. The third-order valence-electron chi connectivity index (χ3n) is 3.75. The number of hydrogen-bond acceptors (Lipinski definition) is 6. The minimum Gasteiger partial charge on any atom is -0.484 e. The summed E-state index contributed by atoms with van der Waals surface area (Å²) in [7, 11) is 1.32. The number of aromatic nitrogens is 1. The van der Waals surface area contributed by atoms with E-state index >= 15 is 0 Å². The quantitative estimate of drug-likeness (QED) is 0.738. The van der Waals surface area contributed by atoms with Crippen LogP contribution in [0.15, 0.2) is 15.7 Å². The molecule has 0 radical (unpaired) electrons. The molecule has 134 valence electrons. The number of aryl methyl sites for hydroxylation is 1. The Balaban J connectivity index is 1.88. The zero-order chi connectivity index (χ0) is 17.7. The second-order valence-corrected chi connectivity index (χ2v) is 5.39. The second kappa shape index (κ2) is 7.67. The molecule has 0 saturated carbocycles.